The Labute approximate surface area is 203 Å². The fourth-order valence-corrected chi connectivity index (χ4v) is 7.76. The molecule has 0 aliphatic carbocycles. The number of benzene rings is 2. The molecule has 2 aromatic rings. The van der Waals surface area contributed by atoms with Crippen molar-refractivity contribution in [2.75, 3.05) is 46.6 Å². The minimum absolute atomic E-state index is 0.0364. The summed E-state index contributed by atoms with van der Waals surface area (Å²) < 4.78 is 73.6. The average Bonchev–Trinajstić information content (AvgIpc) is 2.76. The lowest BCUT2D eigenvalue weighted by Gasteiger charge is -2.31. The molecule has 0 saturated carbocycles. The SMILES string of the molecule is CCc1ccc(N(CC(C)C)S(=O)(=O)c2ccc(N3CCS(=O)(=O)CC3)c(S(C)(=N)=O)c2)cc1. The van der Waals surface area contributed by atoms with E-state index in [-0.39, 0.29) is 46.8 Å². The zero-order valence-corrected chi connectivity index (χ0v) is 22.5. The van der Waals surface area contributed by atoms with Crippen LogP contribution in [0, 0.1) is 10.7 Å². The van der Waals surface area contributed by atoms with E-state index in [0.29, 0.717) is 11.4 Å². The quantitative estimate of drug-likeness (QED) is 0.563. The fourth-order valence-electron chi connectivity index (χ4n) is 3.88. The van der Waals surface area contributed by atoms with Crippen molar-refractivity contribution < 1.29 is 21.0 Å². The average molecular weight is 528 g/mol. The van der Waals surface area contributed by atoms with Crippen LogP contribution >= 0.6 is 0 Å². The van der Waals surface area contributed by atoms with Crippen molar-refractivity contribution in [2.24, 2.45) is 5.92 Å². The van der Waals surface area contributed by atoms with Gasteiger partial charge in [0.05, 0.1) is 42.4 Å². The summed E-state index contributed by atoms with van der Waals surface area (Å²) in [5.41, 5.74) is 2.08. The molecule has 11 heteroatoms. The Morgan fingerprint density at radius 3 is 2.12 bits per heavy atom. The van der Waals surface area contributed by atoms with Crippen molar-refractivity contribution in [3.8, 4) is 0 Å². The molecule has 1 heterocycles. The number of nitrogens with zero attached hydrogens (tertiary/aromatic N) is 2. The first-order chi connectivity index (χ1) is 15.7. The van der Waals surface area contributed by atoms with Gasteiger partial charge in [0.15, 0.2) is 9.84 Å². The Hall–Kier alpha value is -2.11. The van der Waals surface area contributed by atoms with Crippen LogP contribution in [0.25, 0.3) is 0 Å². The van der Waals surface area contributed by atoms with Gasteiger partial charge < -0.3 is 4.90 Å². The van der Waals surface area contributed by atoms with Gasteiger partial charge in [-0.1, -0.05) is 32.9 Å². The number of aryl methyl sites for hydroxylation is 1. The zero-order valence-electron chi connectivity index (χ0n) is 20.0. The lowest BCUT2D eigenvalue weighted by atomic mass is 10.1. The van der Waals surface area contributed by atoms with E-state index < -0.39 is 29.6 Å². The van der Waals surface area contributed by atoms with E-state index in [1.54, 1.807) is 23.1 Å². The topological polar surface area (TPSA) is 116 Å². The predicted molar refractivity (Wildman–Crippen MR) is 138 cm³/mol. The van der Waals surface area contributed by atoms with Gasteiger partial charge in [-0.15, -0.1) is 0 Å². The van der Waals surface area contributed by atoms with Gasteiger partial charge in [0.25, 0.3) is 10.0 Å². The third kappa shape index (κ3) is 5.92. The van der Waals surface area contributed by atoms with Crippen molar-refractivity contribution in [2.45, 2.75) is 37.0 Å². The summed E-state index contributed by atoms with van der Waals surface area (Å²) in [5.74, 6) is -0.0161. The van der Waals surface area contributed by atoms with E-state index in [9.17, 15) is 21.0 Å². The first-order valence-corrected chi connectivity index (χ1v) is 16.4. The summed E-state index contributed by atoms with van der Waals surface area (Å²) in [6.45, 7) is 6.58. The third-order valence-electron chi connectivity index (χ3n) is 5.79. The Kier molecular flexibility index (Phi) is 7.69. The molecule has 0 amide bonds. The summed E-state index contributed by atoms with van der Waals surface area (Å²) >= 11 is 0. The number of nitrogens with one attached hydrogen (secondary N) is 1. The Morgan fingerprint density at radius 2 is 1.62 bits per heavy atom. The number of sulfonamides is 1. The molecule has 1 N–H and O–H groups in total. The molecule has 188 valence electrons. The van der Waals surface area contributed by atoms with Crippen LogP contribution in [-0.4, -0.2) is 58.4 Å². The van der Waals surface area contributed by atoms with E-state index >= 15 is 0 Å². The number of anilines is 2. The van der Waals surface area contributed by atoms with Crippen molar-refractivity contribution in [1.82, 2.24) is 0 Å². The maximum absolute atomic E-state index is 13.8. The largest absolute Gasteiger partial charge is 0.368 e. The Morgan fingerprint density at radius 1 is 1.03 bits per heavy atom. The van der Waals surface area contributed by atoms with Gasteiger partial charge in [-0.3, -0.25) is 4.31 Å². The van der Waals surface area contributed by atoms with Crippen LogP contribution in [0.2, 0.25) is 0 Å². The lowest BCUT2D eigenvalue weighted by molar-refractivity contribution is 0.577. The molecule has 1 unspecified atom stereocenters. The van der Waals surface area contributed by atoms with Crippen molar-refractivity contribution in [3.05, 3.63) is 48.0 Å². The zero-order chi connectivity index (χ0) is 25.3. The maximum Gasteiger partial charge on any atom is 0.264 e. The van der Waals surface area contributed by atoms with Crippen LogP contribution in [-0.2, 0) is 36.0 Å². The highest BCUT2D eigenvalue weighted by molar-refractivity contribution is 7.93. The van der Waals surface area contributed by atoms with Crippen LogP contribution in [0.1, 0.15) is 26.3 Å². The van der Waals surface area contributed by atoms with Crippen LogP contribution in [0.3, 0.4) is 0 Å². The van der Waals surface area contributed by atoms with Gasteiger partial charge in [-0.05, 0) is 48.2 Å². The predicted octanol–water partition coefficient (Wildman–Crippen LogP) is 3.37. The molecule has 8 nitrogen and oxygen atoms in total. The molecular formula is C23H33N3O5S3. The number of hydrogen-bond acceptors (Lipinski definition) is 7. The minimum Gasteiger partial charge on any atom is -0.368 e. The van der Waals surface area contributed by atoms with Crippen molar-refractivity contribution in [1.29, 1.82) is 4.78 Å². The third-order valence-corrected chi connectivity index (χ3v) is 10.4. The summed E-state index contributed by atoms with van der Waals surface area (Å²) in [6.07, 6.45) is 2.09. The lowest BCUT2D eigenvalue weighted by Crippen LogP contribution is -2.41. The van der Waals surface area contributed by atoms with Gasteiger partial charge in [0.1, 0.15) is 0 Å². The Bertz CT molecular complexity index is 1340. The molecule has 1 aliphatic heterocycles. The molecule has 1 saturated heterocycles. The van der Waals surface area contributed by atoms with E-state index in [1.807, 2.05) is 32.9 Å². The molecule has 0 radical (unpaired) electrons. The van der Waals surface area contributed by atoms with Crippen molar-refractivity contribution >= 4 is 41.0 Å². The molecule has 1 fully saturated rings. The summed E-state index contributed by atoms with van der Waals surface area (Å²) in [5, 5.41) is 0. The smallest absolute Gasteiger partial charge is 0.264 e. The highest BCUT2D eigenvalue weighted by Crippen LogP contribution is 2.32. The Balaban J connectivity index is 2.08. The molecule has 3 rings (SSSR count). The van der Waals surface area contributed by atoms with Gasteiger partial charge >= 0.3 is 0 Å². The van der Waals surface area contributed by atoms with Crippen LogP contribution in [0.15, 0.2) is 52.3 Å². The van der Waals surface area contributed by atoms with E-state index in [4.69, 9.17) is 4.78 Å². The normalized spacial score (nSPS) is 18.0. The number of rotatable bonds is 8. The van der Waals surface area contributed by atoms with Gasteiger partial charge in [-0.2, -0.15) is 0 Å². The molecular weight excluding hydrogens is 494 g/mol. The van der Waals surface area contributed by atoms with Gasteiger partial charge in [-0.25, -0.2) is 25.8 Å². The first kappa shape index (κ1) is 26.5. The second-order valence-corrected chi connectivity index (χ2v) is 15.4. The first-order valence-electron chi connectivity index (χ1n) is 11.2. The van der Waals surface area contributed by atoms with Crippen LogP contribution < -0.4 is 9.21 Å². The second kappa shape index (κ2) is 9.87. The highest BCUT2D eigenvalue weighted by Gasteiger charge is 2.30. The molecule has 0 aromatic heterocycles. The second-order valence-electron chi connectivity index (χ2n) is 9.06. The monoisotopic (exact) mass is 527 g/mol. The maximum atomic E-state index is 13.8. The van der Waals surface area contributed by atoms with Gasteiger partial charge in [0.2, 0.25) is 0 Å². The van der Waals surface area contributed by atoms with Gasteiger partial charge in [0, 0.05) is 25.9 Å². The number of sulfone groups is 1. The molecule has 2 aromatic carbocycles. The molecule has 34 heavy (non-hydrogen) atoms. The summed E-state index contributed by atoms with van der Waals surface area (Å²) in [4.78, 5) is 1.82. The molecule has 1 aliphatic rings. The van der Waals surface area contributed by atoms with E-state index in [2.05, 4.69) is 0 Å². The summed E-state index contributed by atoms with van der Waals surface area (Å²) in [7, 11) is -10.4. The van der Waals surface area contributed by atoms with E-state index in [0.717, 1.165) is 12.0 Å². The molecule has 0 bridgehead atoms. The minimum atomic E-state index is -4.01. The van der Waals surface area contributed by atoms with Crippen LogP contribution in [0.4, 0.5) is 11.4 Å². The standard InChI is InChI=1S/C23H33N3O5S3/c1-5-19-6-8-20(9-7-19)26(17-18(2)3)34(30,31)21-10-11-22(23(16-21)32(4,24)27)25-12-14-33(28,29)15-13-25/h6-11,16,18,24H,5,12-15,17H2,1-4H3. The highest BCUT2D eigenvalue weighted by atomic mass is 32.2. The molecule has 1 atom stereocenters. The molecule has 0 spiro atoms. The van der Waals surface area contributed by atoms with Crippen molar-refractivity contribution in [3.63, 3.8) is 0 Å². The van der Waals surface area contributed by atoms with E-state index in [1.165, 1.54) is 22.7 Å². The van der Waals surface area contributed by atoms with Crippen LogP contribution in [0.5, 0.6) is 0 Å². The fraction of sp³-hybridized carbons (Fsp3) is 0.478. The number of hydrogen-bond donors (Lipinski definition) is 1. The summed E-state index contributed by atoms with van der Waals surface area (Å²) in [6, 6.07) is 11.7.